The molecule has 0 amide bonds. The molecule has 0 radical (unpaired) electrons. The summed E-state index contributed by atoms with van der Waals surface area (Å²) in [6, 6.07) is 17.4. The molecule has 3 rings (SSSR count). The quantitative estimate of drug-likeness (QED) is 0.266. The van der Waals surface area contributed by atoms with Gasteiger partial charge in [-0.25, -0.2) is 4.79 Å². The molecule has 0 unspecified atom stereocenters. The SMILES string of the molecule is O=C(OCc1ccc(Sc2ccccc2)c([N+](=O)[O-])c1)c1cccc(C(F)(F)F)c1. The molecule has 0 fully saturated rings. The largest absolute Gasteiger partial charge is 0.457 e. The summed E-state index contributed by atoms with van der Waals surface area (Å²) in [5.74, 6) is -0.952. The summed E-state index contributed by atoms with van der Waals surface area (Å²) in [7, 11) is 0. The van der Waals surface area contributed by atoms with E-state index >= 15 is 0 Å². The maximum Gasteiger partial charge on any atom is 0.416 e. The van der Waals surface area contributed by atoms with Crippen molar-refractivity contribution in [3.8, 4) is 0 Å². The molecular formula is C21H14F3NO4S. The van der Waals surface area contributed by atoms with E-state index in [1.165, 1.54) is 23.9 Å². The van der Waals surface area contributed by atoms with E-state index in [1.807, 2.05) is 30.3 Å². The number of carbonyl (C=O) groups is 1. The van der Waals surface area contributed by atoms with Crippen molar-refractivity contribution in [2.24, 2.45) is 0 Å². The van der Waals surface area contributed by atoms with Gasteiger partial charge in [0.15, 0.2) is 0 Å². The van der Waals surface area contributed by atoms with Crippen molar-refractivity contribution in [2.75, 3.05) is 0 Å². The minimum Gasteiger partial charge on any atom is -0.457 e. The predicted octanol–water partition coefficient (Wildman–Crippen LogP) is 6.12. The first-order valence-electron chi connectivity index (χ1n) is 8.58. The smallest absolute Gasteiger partial charge is 0.416 e. The standard InChI is InChI=1S/C21H14F3NO4S/c22-21(23,24)16-6-4-5-15(12-16)20(26)29-13-14-9-10-19(18(11-14)25(27)28)30-17-7-2-1-3-8-17/h1-12H,13H2. The predicted molar refractivity (Wildman–Crippen MR) is 104 cm³/mol. The van der Waals surface area contributed by atoms with Gasteiger partial charge in [-0.2, -0.15) is 13.2 Å². The zero-order chi connectivity index (χ0) is 21.7. The fourth-order valence-corrected chi connectivity index (χ4v) is 3.47. The molecule has 3 aromatic rings. The van der Waals surface area contributed by atoms with Gasteiger partial charge in [0.25, 0.3) is 5.69 Å². The fourth-order valence-electron chi connectivity index (χ4n) is 2.55. The van der Waals surface area contributed by atoms with E-state index in [1.54, 1.807) is 12.1 Å². The summed E-state index contributed by atoms with van der Waals surface area (Å²) in [5, 5.41) is 11.4. The fraction of sp³-hybridized carbons (Fsp3) is 0.0952. The molecule has 154 valence electrons. The van der Waals surface area contributed by atoms with E-state index in [0.29, 0.717) is 16.5 Å². The Morgan fingerprint density at radius 2 is 1.73 bits per heavy atom. The minimum atomic E-state index is -4.58. The lowest BCUT2D eigenvalue weighted by Crippen LogP contribution is -2.09. The first-order valence-corrected chi connectivity index (χ1v) is 9.40. The molecule has 9 heteroatoms. The highest BCUT2D eigenvalue weighted by Gasteiger charge is 2.31. The lowest BCUT2D eigenvalue weighted by Gasteiger charge is -2.09. The van der Waals surface area contributed by atoms with E-state index in [0.717, 1.165) is 17.0 Å². The highest BCUT2D eigenvalue weighted by molar-refractivity contribution is 7.99. The van der Waals surface area contributed by atoms with Crippen LogP contribution < -0.4 is 0 Å². The van der Waals surface area contributed by atoms with Gasteiger partial charge in [-0.05, 0) is 42.0 Å². The second-order valence-corrected chi connectivity index (χ2v) is 7.24. The van der Waals surface area contributed by atoms with Crippen LogP contribution >= 0.6 is 11.8 Å². The average molecular weight is 433 g/mol. The summed E-state index contributed by atoms with van der Waals surface area (Å²) in [6.45, 7) is -0.313. The second-order valence-electron chi connectivity index (χ2n) is 6.13. The van der Waals surface area contributed by atoms with E-state index in [9.17, 15) is 28.1 Å². The van der Waals surface area contributed by atoms with Crippen LogP contribution in [0, 0.1) is 10.1 Å². The maximum absolute atomic E-state index is 12.8. The van der Waals surface area contributed by atoms with Crippen molar-refractivity contribution in [2.45, 2.75) is 22.6 Å². The van der Waals surface area contributed by atoms with Crippen LogP contribution in [0.3, 0.4) is 0 Å². The minimum absolute atomic E-state index is 0.156. The highest BCUT2D eigenvalue weighted by atomic mass is 32.2. The molecule has 0 atom stereocenters. The number of benzene rings is 3. The van der Waals surface area contributed by atoms with Gasteiger partial charge < -0.3 is 4.74 Å². The lowest BCUT2D eigenvalue weighted by atomic mass is 10.1. The Morgan fingerprint density at radius 3 is 2.40 bits per heavy atom. The molecule has 0 spiro atoms. The second kappa shape index (κ2) is 9.00. The molecule has 0 aromatic heterocycles. The van der Waals surface area contributed by atoms with Crippen molar-refractivity contribution in [3.63, 3.8) is 0 Å². The van der Waals surface area contributed by atoms with Gasteiger partial charge in [0.1, 0.15) is 6.61 Å². The molecule has 0 heterocycles. The Kier molecular flexibility index (Phi) is 6.41. The highest BCUT2D eigenvalue weighted by Crippen LogP contribution is 2.35. The van der Waals surface area contributed by atoms with Crippen LogP contribution in [-0.4, -0.2) is 10.9 Å². The maximum atomic E-state index is 12.8. The molecule has 0 saturated carbocycles. The van der Waals surface area contributed by atoms with E-state index < -0.39 is 22.6 Å². The molecule has 0 saturated heterocycles. The molecule has 30 heavy (non-hydrogen) atoms. The number of hydrogen-bond acceptors (Lipinski definition) is 5. The van der Waals surface area contributed by atoms with E-state index in [-0.39, 0.29) is 17.9 Å². The van der Waals surface area contributed by atoms with Crippen molar-refractivity contribution in [3.05, 3.63) is 99.6 Å². The van der Waals surface area contributed by atoms with Crippen molar-refractivity contribution in [1.29, 1.82) is 0 Å². The molecule has 0 aliphatic heterocycles. The number of nitrogens with zero attached hydrogens (tertiary/aromatic N) is 1. The van der Waals surface area contributed by atoms with Gasteiger partial charge in [-0.15, -0.1) is 0 Å². The van der Waals surface area contributed by atoms with Gasteiger partial charge >= 0.3 is 12.1 Å². The van der Waals surface area contributed by atoms with Crippen LogP contribution in [0.15, 0.2) is 82.6 Å². The van der Waals surface area contributed by atoms with Crippen molar-refractivity contribution >= 4 is 23.4 Å². The van der Waals surface area contributed by atoms with Crippen LogP contribution in [-0.2, 0) is 17.5 Å². The average Bonchev–Trinajstić information content (AvgIpc) is 2.73. The van der Waals surface area contributed by atoms with Crippen LogP contribution in [0.1, 0.15) is 21.5 Å². The Labute approximate surface area is 173 Å². The van der Waals surface area contributed by atoms with Gasteiger partial charge in [-0.3, -0.25) is 10.1 Å². The van der Waals surface area contributed by atoms with Crippen LogP contribution in [0.5, 0.6) is 0 Å². The molecule has 0 N–H and O–H groups in total. The molecule has 0 aliphatic carbocycles. The topological polar surface area (TPSA) is 69.4 Å². The van der Waals surface area contributed by atoms with E-state index in [4.69, 9.17) is 4.74 Å². The van der Waals surface area contributed by atoms with Gasteiger partial charge in [0.05, 0.1) is 20.9 Å². The van der Waals surface area contributed by atoms with Crippen LogP contribution in [0.25, 0.3) is 0 Å². The lowest BCUT2D eigenvalue weighted by molar-refractivity contribution is -0.387. The number of nitro benzene ring substituents is 1. The van der Waals surface area contributed by atoms with Gasteiger partial charge in [0.2, 0.25) is 0 Å². The molecular weight excluding hydrogens is 419 g/mol. The van der Waals surface area contributed by atoms with Crippen molar-refractivity contribution < 1.29 is 27.6 Å². The number of ether oxygens (including phenoxy) is 1. The third-order valence-electron chi connectivity index (χ3n) is 3.99. The Bertz CT molecular complexity index is 1070. The van der Waals surface area contributed by atoms with Gasteiger partial charge in [-0.1, -0.05) is 42.1 Å². The number of rotatable bonds is 6. The number of nitro groups is 1. The zero-order valence-electron chi connectivity index (χ0n) is 15.3. The Morgan fingerprint density at radius 1 is 1.00 bits per heavy atom. The summed E-state index contributed by atoms with van der Waals surface area (Å²) in [6.07, 6.45) is -4.58. The number of hydrogen-bond donors (Lipinski definition) is 0. The van der Waals surface area contributed by atoms with E-state index in [2.05, 4.69) is 0 Å². The number of carbonyl (C=O) groups excluding carboxylic acids is 1. The number of alkyl halides is 3. The first-order chi connectivity index (χ1) is 14.2. The molecule has 3 aromatic carbocycles. The summed E-state index contributed by atoms with van der Waals surface area (Å²) in [5.41, 5.74) is -1.03. The van der Waals surface area contributed by atoms with Crippen LogP contribution in [0.4, 0.5) is 18.9 Å². The Hall–Kier alpha value is -3.33. The Balaban J connectivity index is 1.73. The number of esters is 1. The third-order valence-corrected chi connectivity index (χ3v) is 5.06. The van der Waals surface area contributed by atoms with Crippen molar-refractivity contribution in [1.82, 2.24) is 0 Å². The normalized spacial score (nSPS) is 11.2. The number of halogens is 3. The molecule has 0 bridgehead atoms. The summed E-state index contributed by atoms with van der Waals surface area (Å²) < 4.78 is 43.4. The summed E-state index contributed by atoms with van der Waals surface area (Å²) >= 11 is 1.22. The van der Waals surface area contributed by atoms with Crippen LogP contribution in [0.2, 0.25) is 0 Å². The molecule has 0 aliphatic rings. The molecule has 5 nitrogen and oxygen atoms in total. The first kappa shape index (κ1) is 21.4. The third kappa shape index (κ3) is 5.38. The van der Waals surface area contributed by atoms with Gasteiger partial charge in [0, 0.05) is 11.0 Å². The zero-order valence-corrected chi connectivity index (χ0v) is 16.1. The monoisotopic (exact) mass is 433 g/mol. The summed E-state index contributed by atoms with van der Waals surface area (Å²) in [4.78, 5) is 24.2.